The average Bonchev–Trinajstić information content (AvgIpc) is 2.73. The van der Waals surface area contributed by atoms with Gasteiger partial charge in [0.15, 0.2) is 5.11 Å². The fourth-order valence-electron chi connectivity index (χ4n) is 3.55. The summed E-state index contributed by atoms with van der Waals surface area (Å²) in [4.78, 5) is 8.92. The summed E-state index contributed by atoms with van der Waals surface area (Å²) < 4.78 is 0. The highest BCUT2D eigenvalue weighted by molar-refractivity contribution is 7.80. The van der Waals surface area contributed by atoms with Crippen molar-refractivity contribution in [3.05, 3.63) is 47.8 Å². The molecule has 2 aromatic rings. The van der Waals surface area contributed by atoms with E-state index < -0.39 is 0 Å². The van der Waals surface area contributed by atoms with Gasteiger partial charge in [-0.15, -0.1) is 0 Å². The predicted molar refractivity (Wildman–Crippen MR) is 116 cm³/mol. The summed E-state index contributed by atoms with van der Waals surface area (Å²) in [5, 5.41) is 18.1. The van der Waals surface area contributed by atoms with E-state index >= 15 is 0 Å². The van der Waals surface area contributed by atoms with E-state index in [2.05, 4.69) is 37.6 Å². The number of phenolic OH excluding ortho intramolecular Hbond substituents is 1. The van der Waals surface area contributed by atoms with Crippen molar-refractivity contribution in [3.8, 4) is 5.75 Å². The van der Waals surface area contributed by atoms with Gasteiger partial charge in [0.2, 0.25) is 0 Å². The van der Waals surface area contributed by atoms with Crippen molar-refractivity contribution in [2.75, 3.05) is 42.9 Å². The maximum Gasteiger partial charge on any atom is 0.189 e. The first-order valence-electron chi connectivity index (χ1n) is 9.47. The van der Waals surface area contributed by atoms with E-state index in [1.54, 1.807) is 12.1 Å². The van der Waals surface area contributed by atoms with Crippen LogP contribution in [-0.2, 0) is 0 Å². The molecule has 0 atom stereocenters. The van der Waals surface area contributed by atoms with Gasteiger partial charge in [0, 0.05) is 51.0 Å². The number of pyridine rings is 1. The van der Waals surface area contributed by atoms with Crippen LogP contribution in [0.1, 0.15) is 17.7 Å². The van der Waals surface area contributed by atoms with Crippen LogP contribution in [0.5, 0.6) is 5.75 Å². The fraction of sp³-hybridized carbons (Fsp3) is 0.350. The predicted octanol–water partition coefficient (Wildman–Crippen LogP) is 2.31. The molecule has 28 heavy (non-hydrogen) atoms. The van der Waals surface area contributed by atoms with Crippen molar-refractivity contribution in [3.63, 3.8) is 0 Å². The van der Waals surface area contributed by atoms with E-state index in [9.17, 15) is 5.11 Å². The van der Waals surface area contributed by atoms with Gasteiger partial charge in [-0.3, -0.25) is 10.4 Å². The van der Waals surface area contributed by atoms with Crippen molar-refractivity contribution in [2.24, 2.45) is 5.10 Å². The Morgan fingerprint density at radius 1 is 1.18 bits per heavy atom. The SMILES string of the molecule is Cc1ccnc2c1NCC/C2=N/NC(=S)N1CCN(c2ccc(O)cc2)CC1. The molecule has 1 aromatic heterocycles. The molecule has 2 aliphatic rings. The molecular formula is C20H24N6OS. The smallest absolute Gasteiger partial charge is 0.189 e. The number of aryl methyl sites for hydroxylation is 1. The molecule has 3 N–H and O–H groups in total. The summed E-state index contributed by atoms with van der Waals surface area (Å²) in [5.74, 6) is 0.288. The summed E-state index contributed by atoms with van der Waals surface area (Å²) in [6.45, 7) is 6.31. The van der Waals surface area contributed by atoms with Gasteiger partial charge in [0.05, 0.1) is 11.4 Å². The zero-order valence-corrected chi connectivity index (χ0v) is 16.7. The number of nitrogens with zero attached hydrogens (tertiary/aromatic N) is 4. The lowest BCUT2D eigenvalue weighted by atomic mass is 10.0. The second kappa shape index (κ2) is 8.02. The number of aromatic hydroxyl groups is 1. The first kappa shape index (κ1) is 18.5. The average molecular weight is 397 g/mol. The topological polar surface area (TPSA) is 76.0 Å². The Labute approximate surface area is 170 Å². The van der Waals surface area contributed by atoms with E-state index in [-0.39, 0.29) is 5.75 Å². The van der Waals surface area contributed by atoms with Gasteiger partial charge in [0.25, 0.3) is 0 Å². The number of aromatic nitrogens is 1. The third-order valence-electron chi connectivity index (χ3n) is 5.16. The molecule has 1 fully saturated rings. The monoisotopic (exact) mass is 396 g/mol. The highest BCUT2D eigenvalue weighted by Crippen LogP contribution is 2.23. The normalized spacial score (nSPS) is 17.8. The van der Waals surface area contributed by atoms with Crippen LogP contribution in [0.2, 0.25) is 0 Å². The highest BCUT2D eigenvalue weighted by atomic mass is 32.1. The van der Waals surface area contributed by atoms with E-state index in [0.717, 1.165) is 61.9 Å². The zero-order chi connectivity index (χ0) is 19.5. The molecule has 2 aliphatic heterocycles. The maximum absolute atomic E-state index is 9.44. The summed E-state index contributed by atoms with van der Waals surface area (Å²) in [6, 6.07) is 9.32. The van der Waals surface area contributed by atoms with Gasteiger partial charge in [-0.2, -0.15) is 5.10 Å². The van der Waals surface area contributed by atoms with Crippen LogP contribution in [0, 0.1) is 6.92 Å². The quantitative estimate of drug-likeness (QED) is 0.531. The molecule has 0 unspecified atom stereocenters. The van der Waals surface area contributed by atoms with E-state index in [4.69, 9.17) is 12.2 Å². The Hall–Kier alpha value is -2.87. The molecule has 7 nitrogen and oxygen atoms in total. The van der Waals surface area contributed by atoms with Gasteiger partial charge in [-0.25, -0.2) is 0 Å². The molecule has 8 heteroatoms. The summed E-state index contributed by atoms with van der Waals surface area (Å²) >= 11 is 5.56. The number of hydrogen-bond acceptors (Lipinski definition) is 6. The van der Waals surface area contributed by atoms with E-state index in [1.807, 2.05) is 24.4 Å². The molecule has 0 spiro atoms. The van der Waals surface area contributed by atoms with Crippen LogP contribution in [0.4, 0.5) is 11.4 Å². The molecule has 3 heterocycles. The number of hydrogen-bond donors (Lipinski definition) is 3. The van der Waals surface area contributed by atoms with Gasteiger partial charge in [-0.05, 0) is 55.0 Å². The Bertz CT molecular complexity index is 890. The number of rotatable bonds is 2. The maximum atomic E-state index is 9.44. The number of nitrogens with one attached hydrogen (secondary N) is 2. The third-order valence-corrected chi connectivity index (χ3v) is 5.51. The van der Waals surface area contributed by atoms with Crippen LogP contribution in [0.3, 0.4) is 0 Å². The van der Waals surface area contributed by atoms with Crippen molar-refractivity contribution in [2.45, 2.75) is 13.3 Å². The summed E-state index contributed by atoms with van der Waals surface area (Å²) in [5.41, 5.74) is 8.25. The molecule has 4 rings (SSSR count). The second-order valence-corrected chi connectivity index (χ2v) is 7.38. The summed E-state index contributed by atoms with van der Waals surface area (Å²) in [7, 11) is 0. The Balaban J connectivity index is 1.36. The van der Waals surface area contributed by atoms with Crippen LogP contribution < -0.4 is 15.6 Å². The minimum atomic E-state index is 0.288. The third kappa shape index (κ3) is 3.87. The first-order valence-corrected chi connectivity index (χ1v) is 9.88. The van der Waals surface area contributed by atoms with Crippen molar-refractivity contribution < 1.29 is 5.11 Å². The van der Waals surface area contributed by atoms with Gasteiger partial charge < -0.3 is 20.2 Å². The number of piperazine rings is 1. The lowest BCUT2D eigenvalue weighted by molar-refractivity contribution is 0.381. The van der Waals surface area contributed by atoms with Crippen LogP contribution >= 0.6 is 12.2 Å². The number of fused-ring (bicyclic) bond motifs is 1. The molecule has 0 saturated carbocycles. The number of hydrazone groups is 1. The fourth-order valence-corrected chi connectivity index (χ4v) is 3.78. The van der Waals surface area contributed by atoms with Crippen LogP contribution in [0.15, 0.2) is 41.6 Å². The molecule has 0 radical (unpaired) electrons. The van der Waals surface area contributed by atoms with Crippen LogP contribution in [-0.4, -0.2) is 58.5 Å². The number of anilines is 2. The minimum absolute atomic E-state index is 0.288. The molecule has 1 saturated heterocycles. The largest absolute Gasteiger partial charge is 0.508 e. The lowest BCUT2D eigenvalue weighted by Gasteiger charge is -2.37. The molecule has 0 bridgehead atoms. The van der Waals surface area contributed by atoms with Gasteiger partial charge >= 0.3 is 0 Å². The van der Waals surface area contributed by atoms with Crippen LogP contribution in [0.25, 0.3) is 0 Å². The number of thiocarbonyl (C=S) groups is 1. The molecule has 146 valence electrons. The Morgan fingerprint density at radius 3 is 2.68 bits per heavy atom. The number of phenols is 1. The van der Waals surface area contributed by atoms with Gasteiger partial charge in [0.1, 0.15) is 11.4 Å². The zero-order valence-electron chi connectivity index (χ0n) is 15.9. The molecule has 0 aliphatic carbocycles. The van der Waals surface area contributed by atoms with Crippen molar-refractivity contribution >= 4 is 34.4 Å². The van der Waals surface area contributed by atoms with Crippen molar-refractivity contribution in [1.29, 1.82) is 0 Å². The van der Waals surface area contributed by atoms with E-state index in [0.29, 0.717) is 5.11 Å². The van der Waals surface area contributed by atoms with E-state index in [1.165, 1.54) is 5.56 Å². The van der Waals surface area contributed by atoms with Gasteiger partial charge in [-0.1, -0.05) is 0 Å². The lowest BCUT2D eigenvalue weighted by Crippen LogP contribution is -2.51. The summed E-state index contributed by atoms with van der Waals surface area (Å²) in [6.07, 6.45) is 2.63. The minimum Gasteiger partial charge on any atom is -0.508 e. The standard InChI is InChI=1S/C20H24N6OS/c1-14-6-8-22-19-17(7-9-21-18(14)19)23-24-20(28)26-12-10-25(11-13-26)15-2-4-16(27)5-3-15/h2-6,8,21,27H,7,9-13H2,1H3,(H,24,28)/b23-17-. The second-order valence-electron chi connectivity index (χ2n) is 6.99. The Kier molecular flexibility index (Phi) is 5.29. The highest BCUT2D eigenvalue weighted by Gasteiger charge is 2.21. The molecular weight excluding hydrogens is 372 g/mol. The number of benzene rings is 1. The van der Waals surface area contributed by atoms with Crippen molar-refractivity contribution in [1.82, 2.24) is 15.3 Å². The molecule has 0 amide bonds. The molecule has 1 aromatic carbocycles. The Morgan fingerprint density at radius 2 is 1.93 bits per heavy atom. The first-order chi connectivity index (χ1) is 13.6.